The van der Waals surface area contributed by atoms with Crippen molar-refractivity contribution in [1.82, 2.24) is 19.9 Å². The van der Waals surface area contributed by atoms with Gasteiger partial charge in [-0.15, -0.1) is 0 Å². The van der Waals surface area contributed by atoms with E-state index in [1.165, 1.54) is 0 Å². The van der Waals surface area contributed by atoms with Gasteiger partial charge in [0.25, 0.3) is 5.91 Å². The number of nitrogens with zero attached hydrogens (tertiary/aromatic N) is 4. The molecule has 1 amide bonds. The number of pyridine rings is 1. The van der Waals surface area contributed by atoms with Crippen LogP contribution >= 0.6 is 0 Å². The minimum Gasteiger partial charge on any atom is -0.339 e. The lowest BCUT2D eigenvalue weighted by atomic mass is 9.93. The molecule has 1 fully saturated rings. The van der Waals surface area contributed by atoms with Crippen molar-refractivity contribution in [2.75, 3.05) is 13.1 Å². The normalized spacial score (nSPS) is 16.1. The zero-order chi connectivity index (χ0) is 13.8. The van der Waals surface area contributed by atoms with E-state index in [4.69, 9.17) is 0 Å². The Morgan fingerprint density at radius 3 is 2.45 bits per heavy atom. The molecule has 1 aliphatic heterocycles. The molecular formula is C15H16N4O. The average molecular weight is 268 g/mol. The Bertz CT molecular complexity index is 565. The quantitative estimate of drug-likeness (QED) is 0.834. The van der Waals surface area contributed by atoms with Crippen molar-refractivity contribution < 1.29 is 4.79 Å². The minimum atomic E-state index is 0.0880. The van der Waals surface area contributed by atoms with Gasteiger partial charge < -0.3 is 4.90 Å². The second kappa shape index (κ2) is 5.77. The molecule has 3 rings (SSSR count). The van der Waals surface area contributed by atoms with Gasteiger partial charge in [-0.1, -0.05) is 0 Å². The first-order valence-corrected chi connectivity index (χ1v) is 6.80. The molecule has 1 aliphatic rings. The van der Waals surface area contributed by atoms with Gasteiger partial charge in [0.1, 0.15) is 0 Å². The maximum absolute atomic E-state index is 12.3. The van der Waals surface area contributed by atoms with Gasteiger partial charge in [0.15, 0.2) is 0 Å². The topological polar surface area (TPSA) is 59.0 Å². The smallest absolute Gasteiger partial charge is 0.253 e. The number of amides is 1. The summed E-state index contributed by atoms with van der Waals surface area (Å²) in [6.45, 7) is 1.53. The van der Waals surface area contributed by atoms with Crippen LogP contribution in [0.4, 0.5) is 0 Å². The van der Waals surface area contributed by atoms with Crippen LogP contribution < -0.4 is 0 Å². The summed E-state index contributed by atoms with van der Waals surface area (Å²) in [6.07, 6.45) is 10.4. The van der Waals surface area contributed by atoms with E-state index < -0.39 is 0 Å². The number of aromatic nitrogens is 3. The van der Waals surface area contributed by atoms with Crippen LogP contribution in [-0.2, 0) is 0 Å². The molecule has 0 saturated carbocycles. The molecule has 0 aliphatic carbocycles. The maximum atomic E-state index is 12.3. The second-order valence-electron chi connectivity index (χ2n) is 4.93. The van der Waals surface area contributed by atoms with Crippen molar-refractivity contribution in [1.29, 1.82) is 0 Å². The van der Waals surface area contributed by atoms with Crippen LogP contribution in [0.1, 0.15) is 34.8 Å². The Labute approximate surface area is 117 Å². The number of carbonyl (C=O) groups excluding carboxylic acids is 1. The molecule has 3 heterocycles. The molecule has 5 nitrogen and oxygen atoms in total. The zero-order valence-corrected chi connectivity index (χ0v) is 11.1. The molecule has 0 unspecified atom stereocenters. The molecule has 0 spiro atoms. The highest BCUT2D eigenvalue weighted by Gasteiger charge is 2.25. The predicted molar refractivity (Wildman–Crippen MR) is 74.1 cm³/mol. The van der Waals surface area contributed by atoms with E-state index in [9.17, 15) is 4.79 Å². The van der Waals surface area contributed by atoms with Gasteiger partial charge >= 0.3 is 0 Å². The van der Waals surface area contributed by atoms with E-state index in [1.54, 1.807) is 36.9 Å². The fourth-order valence-electron chi connectivity index (χ4n) is 2.58. The first-order valence-electron chi connectivity index (χ1n) is 6.80. The number of hydrogen-bond acceptors (Lipinski definition) is 4. The Morgan fingerprint density at radius 1 is 1.05 bits per heavy atom. The minimum absolute atomic E-state index is 0.0880. The number of likely N-dealkylation sites (tertiary alicyclic amines) is 1. The summed E-state index contributed by atoms with van der Waals surface area (Å²) in [6, 6.07) is 3.52. The van der Waals surface area contributed by atoms with Crippen molar-refractivity contribution in [2.24, 2.45) is 0 Å². The summed E-state index contributed by atoms with van der Waals surface area (Å²) in [7, 11) is 0. The fraction of sp³-hybridized carbons (Fsp3) is 0.333. The Morgan fingerprint density at radius 2 is 1.80 bits per heavy atom. The van der Waals surface area contributed by atoms with E-state index in [0.717, 1.165) is 31.6 Å². The van der Waals surface area contributed by atoms with E-state index in [1.807, 2.05) is 11.1 Å². The average Bonchev–Trinajstić information content (AvgIpc) is 2.56. The Kier molecular flexibility index (Phi) is 3.67. The largest absolute Gasteiger partial charge is 0.339 e. The Balaban J connectivity index is 1.63. The highest BCUT2D eigenvalue weighted by Crippen LogP contribution is 2.26. The molecule has 1 saturated heterocycles. The number of carbonyl (C=O) groups is 1. The monoisotopic (exact) mass is 268 g/mol. The first-order chi connectivity index (χ1) is 9.84. The third-order valence-electron chi connectivity index (χ3n) is 3.71. The zero-order valence-electron chi connectivity index (χ0n) is 11.1. The SMILES string of the molecule is O=C(c1ccncc1)N1CCC(c2cnccn2)CC1. The van der Waals surface area contributed by atoms with Gasteiger partial charge in [-0.3, -0.25) is 19.7 Å². The summed E-state index contributed by atoms with van der Waals surface area (Å²) >= 11 is 0. The lowest BCUT2D eigenvalue weighted by Crippen LogP contribution is -2.38. The lowest BCUT2D eigenvalue weighted by molar-refractivity contribution is 0.0712. The fourth-order valence-corrected chi connectivity index (χ4v) is 2.58. The summed E-state index contributed by atoms with van der Waals surface area (Å²) in [5.74, 6) is 0.496. The van der Waals surface area contributed by atoms with Gasteiger partial charge in [-0.2, -0.15) is 0 Å². The maximum Gasteiger partial charge on any atom is 0.253 e. The van der Waals surface area contributed by atoms with Gasteiger partial charge in [0.2, 0.25) is 0 Å². The van der Waals surface area contributed by atoms with Crippen molar-refractivity contribution in [3.63, 3.8) is 0 Å². The standard InChI is InChI=1S/C15H16N4O/c20-15(13-1-5-16-6-2-13)19-9-3-12(4-10-19)14-11-17-7-8-18-14/h1-2,5-8,11-12H,3-4,9-10H2. The molecule has 0 N–H and O–H groups in total. The van der Waals surface area contributed by atoms with Crippen molar-refractivity contribution in [3.05, 3.63) is 54.4 Å². The van der Waals surface area contributed by atoms with E-state index in [2.05, 4.69) is 15.0 Å². The third kappa shape index (κ3) is 2.66. The van der Waals surface area contributed by atoms with Crippen LogP contribution in [0.15, 0.2) is 43.1 Å². The summed E-state index contributed by atoms with van der Waals surface area (Å²) in [5, 5.41) is 0. The Hall–Kier alpha value is -2.30. The molecule has 0 radical (unpaired) electrons. The van der Waals surface area contributed by atoms with Crippen molar-refractivity contribution in [3.8, 4) is 0 Å². The first kappa shape index (κ1) is 12.7. The van der Waals surface area contributed by atoms with Crippen LogP contribution in [-0.4, -0.2) is 38.8 Å². The van der Waals surface area contributed by atoms with Gasteiger partial charge in [-0.05, 0) is 25.0 Å². The van der Waals surface area contributed by atoms with Crippen LogP contribution in [0.25, 0.3) is 0 Å². The van der Waals surface area contributed by atoms with Crippen molar-refractivity contribution >= 4 is 5.91 Å². The third-order valence-corrected chi connectivity index (χ3v) is 3.71. The highest BCUT2D eigenvalue weighted by molar-refractivity contribution is 5.94. The molecule has 0 bridgehead atoms. The van der Waals surface area contributed by atoms with Crippen LogP contribution in [0, 0.1) is 0 Å². The van der Waals surface area contributed by atoms with Crippen molar-refractivity contribution in [2.45, 2.75) is 18.8 Å². The second-order valence-corrected chi connectivity index (χ2v) is 4.93. The predicted octanol–water partition coefficient (Wildman–Crippen LogP) is 1.89. The lowest BCUT2D eigenvalue weighted by Gasteiger charge is -2.31. The molecular weight excluding hydrogens is 252 g/mol. The molecule has 5 heteroatoms. The van der Waals surface area contributed by atoms with E-state index in [0.29, 0.717) is 11.5 Å². The van der Waals surface area contributed by atoms with Gasteiger partial charge in [0, 0.05) is 55.6 Å². The molecule has 2 aromatic rings. The number of rotatable bonds is 2. The van der Waals surface area contributed by atoms with Gasteiger partial charge in [0.05, 0.1) is 5.69 Å². The van der Waals surface area contributed by atoms with Crippen LogP contribution in [0.2, 0.25) is 0 Å². The summed E-state index contributed by atoms with van der Waals surface area (Å²) in [4.78, 5) is 26.6. The van der Waals surface area contributed by atoms with E-state index in [-0.39, 0.29) is 5.91 Å². The molecule has 102 valence electrons. The number of hydrogen-bond donors (Lipinski definition) is 0. The molecule has 0 atom stereocenters. The highest BCUT2D eigenvalue weighted by atomic mass is 16.2. The summed E-state index contributed by atoms with van der Waals surface area (Å²) in [5.41, 5.74) is 1.74. The molecule has 2 aromatic heterocycles. The van der Waals surface area contributed by atoms with Crippen LogP contribution in [0.3, 0.4) is 0 Å². The molecule has 20 heavy (non-hydrogen) atoms. The van der Waals surface area contributed by atoms with E-state index >= 15 is 0 Å². The number of piperidine rings is 1. The van der Waals surface area contributed by atoms with Gasteiger partial charge in [-0.25, -0.2) is 0 Å². The van der Waals surface area contributed by atoms with Crippen LogP contribution in [0.5, 0.6) is 0 Å². The molecule has 0 aromatic carbocycles. The summed E-state index contributed by atoms with van der Waals surface area (Å²) < 4.78 is 0.